The van der Waals surface area contributed by atoms with Crippen LogP contribution in [0.15, 0.2) is 48.5 Å². The molecule has 0 bridgehead atoms. The predicted molar refractivity (Wildman–Crippen MR) is 98.0 cm³/mol. The molecule has 1 amide bonds. The van der Waals surface area contributed by atoms with Crippen LogP contribution in [-0.2, 0) is 11.3 Å². The monoisotopic (exact) mass is 370 g/mol. The highest BCUT2D eigenvalue weighted by atomic mass is 35.5. The Morgan fingerprint density at radius 3 is 2.73 bits per heavy atom. The van der Waals surface area contributed by atoms with Crippen molar-refractivity contribution in [3.8, 4) is 11.8 Å². The molecule has 2 aromatic rings. The molecule has 26 heavy (non-hydrogen) atoms. The maximum absolute atomic E-state index is 12.3. The Bertz CT molecular complexity index is 846. The normalized spacial score (nSPS) is 20.2. The van der Waals surface area contributed by atoms with Gasteiger partial charge < -0.3 is 14.8 Å². The molecule has 0 aliphatic carbocycles. The average molecular weight is 371 g/mol. The Labute approximate surface area is 157 Å². The number of fused-ring (bicyclic) bond motifs is 1. The fraction of sp³-hybridized carbons (Fsp3) is 0.300. The van der Waals surface area contributed by atoms with Crippen molar-refractivity contribution >= 4 is 17.7 Å². The van der Waals surface area contributed by atoms with Crippen molar-refractivity contribution in [2.75, 3.05) is 0 Å². The molecule has 2 aromatic carbocycles. The summed E-state index contributed by atoms with van der Waals surface area (Å²) in [4.78, 5) is 12.3. The number of nitriles is 1. The van der Waals surface area contributed by atoms with E-state index >= 15 is 0 Å². The molecule has 0 fully saturated rings. The predicted octanol–water partition coefficient (Wildman–Crippen LogP) is 4.30. The van der Waals surface area contributed by atoms with Crippen molar-refractivity contribution in [1.82, 2.24) is 5.32 Å². The van der Waals surface area contributed by atoms with Crippen LogP contribution in [-0.4, -0.2) is 17.7 Å². The number of carbonyl (C=O) groups is 1. The lowest BCUT2D eigenvalue weighted by molar-refractivity contribution is 0.0409. The van der Waals surface area contributed by atoms with Crippen LogP contribution in [0.25, 0.3) is 0 Å². The van der Waals surface area contributed by atoms with Crippen molar-refractivity contribution in [2.45, 2.75) is 37.5 Å². The first-order chi connectivity index (χ1) is 12.4. The quantitative estimate of drug-likeness (QED) is 0.817. The Kier molecular flexibility index (Phi) is 5.06. The van der Waals surface area contributed by atoms with E-state index in [1.807, 2.05) is 44.2 Å². The third-order valence-corrected chi connectivity index (χ3v) is 4.82. The Morgan fingerprint density at radius 1 is 1.31 bits per heavy atom. The zero-order chi connectivity index (χ0) is 18.7. The molecule has 134 valence electrons. The van der Waals surface area contributed by atoms with E-state index in [-0.39, 0.29) is 6.61 Å². The van der Waals surface area contributed by atoms with E-state index in [0.29, 0.717) is 16.9 Å². The standard InChI is InChI=1S/C20H19ClN2O3/c1-20(2)18(23-19(24)25-12-13-6-4-3-5-7-13)17(21)15-10-14(11-22)8-9-16(15)26-20/h3-10,17-18H,12H2,1-2H3,(H,23,24)/t17-,18+/m0/s1. The summed E-state index contributed by atoms with van der Waals surface area (Å²) >= 11 is 6.63. The first-order valence-electron chi connectivity index (χ1n) is 8.25. The molecule has 3 rings (SSSR count). The number of hydrogen-bond donors (Lipinski definition) is 1. The SMILES string of the molecule is CC1(C)Oc2ccc(C#N)cc2[C@H](Cl)[C@H]1NC(=O)OCc1ccccc1. The van der Waals surface area contributed by atoms with E-state index in [9.17, 15) is 4.79 Å². The van der Waals surface area contributed by atoms with Gasteiger partial charge in [0, 0.05) is 5.56 Å². The second-order valence-electron chi connectivity index (χ2n) is 6.66. The van der Waals surface area contributed by atoms with Gasteiger partial charge in [-0.2, -0.15) is 5.26 Å². The highest BCUT2D eigenvalue weighted by molar-refractivity contribution is 6.21. The summed E-state index contributed by atoms with van der Waals surface area (Å²) in [6.45, 7) is 3.88. The van der Waals surface area contributed by atoms with Gasteiger partial charge in [0.25, 0.3) is 0 Å². The van der Waals surface area contributed by atoms with Gasteiger partial charge in [-0.3, -0.25) is 0 Å². The third-order valence-electron chi connectivity index (χ3n) is 4.34. The number of benzene rings is 2. The van der Waals surface area contributed by atoms with Gasteiger partial charge in [0.1, 0.15) is 18.0 Å². The number of nitrogens with zero attached hydrogens (tertiary/aromatic N) is 1. The van der Waals surface area contributed by atoms with Gasteiger partial charge in [-0.25, -0.2) is 4.79 Å². The number of halogens is 1. The zero-order valence-electron chi connectivity index (χ0n) is 14.5. The van der Waals surface area contributed by atoms with Crippen molar-refractivity contribution in [1.29, 1.82) is 5.26 Å². The van der Waals surface area contributed by atoms with Crippen LogP contribution in [0.2, 0.25) is 0 Å². The van der Waals surface area contributed by atoms with Gasteiger partial charge in [0.05, 0.1) is 23.1 Å². The fourth-order valence-electron chi connectivity index (χ4n) is 2.94. The minimum atomic E-state index is -0.737. The summed E-state index contributed by atoms with van der Waals surface area (Å²) in [5.74, 6) is 0.615. The highest BCUT2D eigenvalue weighted by Gasteiger charge is 2.44. The van der Waals surface area contributed by atoms with Crippen LogP contribution >= 0.6 is 11.6 Å². The second-order valence-corrected chi connectivity index (χ2v) is 7.13. The van der Waals surface area contributed by atoms with Crippen LogP contribution in [0.5, 0.6) is 5.75 Å². The molecule has 0 aromatic heterocycles. The van der Waals surface area contributed by atoms with Crippen molar-refractivity contribution in [2.24, 2.45) is 0 Å². The maximum Gasteiger partial charge on any atom is 0.407 e. The van der Waals surface area contributed by atoms with E-state index in [1.54, 1.807) is 18.2 Å². The molecule has 0 radical (unpaired) electrons. The Hall–Kier alpha value is -2.71. The molecule has 0 saturated carbocycles. The topological polar surface area (TPSA) is 71.3 Å². The molecule has 6 heteroatoms. The fourth-order valence-corrected chi connectivity index (χ4v) is 3.48. The first kappa shape index (κ1) is 18.1. The molecule has 5 nitrogen and oxygen atoms in total. The van der Waals surface area contributed by atoms with Gasteiger partial charge in [0.2, 0.25) is 0 Å². The van der Waals surface area contributed by atoms with Crippen LogP contribution in [0, 0.1) is 11.3 Å². The van der Waals surface area contributed by atoms with Gasteiger partial charge in [-0.05, 0) is 37.6 Å². The number of amides is 1. The number of alkyl carbamates (subject to hydrolysis) is 1. The molecule has 0 saturated heterocycles. The lowest BCUT2D eigenvalue weighted by atomic mass is 9.87. The summed E-state index contributed by atoms with van der Waals surface area (Å²) in [6, 6.07) is 16.1. The minimum Gasteiger partial charge on any atom is -0.485 e. The summed E-state index contributed by atoms with van der Waals surface area (Å²) < 4.78 is 11.3. The van der Waals surface area contributed by atoms with Crippen LogP contribution in [0.3, 0.4) is 0 Å². The van der Waals surface area contributed by atoms with Crippen LogP contribution < -0.4 is 10.1 Å². The molecular formula is C20H19ClN2O3. The molecule has 0 unspecified atom stereocenters. The highest BCUT2D eigenvalue weighted by Crippen LogP contribution is 2.43. The molecule has 1 aliphatic heterocycles. The number of rotatable bonds is 3. The summed E-state index contributed by atoms with van der Waals surface area (Å²) in [5.41, 5.74) is 1.33. The van der Waals surface area contributed by atoms with E-state index in [1.165, 1.54) is 0 Å². The molecule has 0 spiro atoms. The Balaban J connectivity index is 1.73. The lowest BCUT2D eigenvalue weighted by Gasteiger charge is -2.42. The van der Waals surface area contributed by atoms with Crippen LogP contribution in [0.4, 0.5) is 4.79 Å². The number of alkyl halides is 1. The summed E-state index contributed by atoms with van der Waals surface area (Å²) in [6.07, 6.45) is -0.568. The van der Waals surface area contributed by atoms with E-state index in [4.69, 9.17) is 26.3 Å². The minimum absolute atomic E-state index is 0.169. The van der Waals surface area contributed by atoms with E-state index in [0.717, 1.165) is 5.56 Å². The number of hydrogen-bond acceptors (Lipinski definition) is 4. The molecule has 1 N–H and O–H groups in total. The number of nitrogens with one attached hydrogen (secondary N) is 1. The third kappa shape index (κ3) is 3.76. The van der Waals surface area contributed by atoms with Crippen molar-refractivity contribution in [3.05, 3.63) is 65.2 Å². The summed E-state index contributed by atoms with van der Waals surface area (Å²) in [7, 11) is 0. The van der Waals surface area contributed by atoms with Gasteiger partial charge in [-0.1, -0.05) is 30.3 Å². The molecule has 1 heterocycles. The maximum atomic E-state index is 12.3. The molecular weight excluding hydrogens is 352 g/mol. The van der Waals surface area contributed by atoms with Gasteiger partial charge in [0.15, 0.2) is 0 Å². The van der Waals surface area contributed by atoms with Crippen molar-refractivity contribution in [3.63, 3.8) is 0 Å². The second kappa shape index (κ2) is 7.27. The van der Waals surface area contributed by atoms with Crippen LogP contribution in [0.1, 0.15) is 35.9 Å². The zero-order valence-corrected chi connectivity index (χ0v) is 15.3. The smallest absolute Gasteiger partial charge is 0.407 e. The first-order valence-corrected chi connectivity index (χ1v) is 8.69. The molecule has 2 atom stereocenters. The van der Waals surface area contributed by atoms with Gasteiger partial charge >= 0.3 is 6.09 Å². The molecule has 1 aliphatic rings. The lowest BCUT2D eigenvalue weighted by Crippen LogP contribution is -2.56. The van der Waals surface area contributed by atoms with Crippen molar-refractivity contribution < 1.29 is 14.3 Å². The van der Waals surface area contributed by atoms with E-state index < -0.39 is 23.1 Å². The van der Waals surface area contributed by atoms with E-state index in [2.05, 4.69) is 11.4 Å². The Morgan fingerprint density at radius 2 is 2.04 bits per heavy atom. The summed E-state index contributed by atoms with van der Waals surface area (Å²) in [5, 5.41) is 11.4. The van der Waals surface area contributed by atoms with Gasteiger partial charge in [-0.15, -0.1) is 11.6 Å². The number of ether oxygens (including phenoxy) is 2. The number of carbonyl (C=O) groups excluding carboxylic acids is 1. The largest absolute Gasteiger partial charge is 0.485 e. The average Bonchev–Trinajstić information content (AvgIpc) is 2.64.